The predicted molar refractivity (Wildman–Crippen MR) is 92.3 cm³/mol. The molecule has 0 aromatic heterocycles. The van der Waals surface area contributed by atoms with Crippen LogP contribution in [0.3, 0.4) is 0 Å². The van der Waals surface area contributed by atoms with Gasteiger partial charge in [-0.2, -0.15) is 0 Å². The summed E-state index contributed by atoms with van der Waals surface area (Å²) in [4.78, 5) is 15.2. The number of hydrogen-bond donors (Lipinski definition) is 0. The predicted octanol–water partition coefficient (Wildman–Crippen LogP) is 3.73. The summed E-state index contributed by atoms with van der Waals surface area (Å²) in [6, 6.07) is 7.10. The fourth-order valence-electron chi connectivity index (χ4n) is 4.12. The van der Waals surface area contributed by atoms with E-state index in [0.29, 0.717) is 18.6 Å². The third-order valence-electron chi connectivity index (χ3n) is 6.06. The fraction of sp³-hybridized carbons (Fsp3) is 0.650. The van der Waals surface area contributed by atoms with Gasteiger partial charge in [0.2, 0.25) is 5.91 Å². The number of nitrogens with zero attached hydrogens (tertiary/aromatic N) is 1. The lowest BCUT2D eigenvalue weighted by molar-refractivity contribution is -0.145. The highest BCUT2D eigenvalue weighted by atomic mass is 16.5. The quantitative estimate of drug-likeness (QED) is 0.828. The van der Waals surface area contributed by atoms with Crippen LogP contribution in [0.4, 0.5) is 0 Å². The van der Waals surface area contributed by atoms with Crippen molar-refractivity contribution in [2.45, 2.75) is 64.5 Å². The van der Waals surface area contributed by atoms with E-state index in [1.54, 1.807) is 7.11 Å². The van der Waals surface area contributed by atoms with Gasteiger partial charge in [-0.05, 0) is 61.6 Å². The van der Waals surface area contributed by atoms with E-state index in [2.05, 4.69) is 30.0 Å². The summed E-state index contributed by atoms with van der Waals surface area (Å²) in [7, 11) is 3.75. The Labute approximate surface area is 140 Å². The Hall–Kier alpha value is -1.35. The second-order valence-electron chi connectivity index (χ2n) is 7.35. The van der Waals surface area contributed by atoms with E-state index in [9.17, 15) is 4.79 Å². The molecule has 0 aliphatic heterocycles. The van der Waals surface area contributed by atoms with E-state index in [0.717, 1.165) is 25.7 Å². The molecule has 1 amide bonds. The largest absolute Gasteiger partial charge is 0.380 e. The van der Waals surface area contributed by atoms with Crippen molar-refractivity contribution in [3.8, 4) is 0 Å². The lowest BCUT2D eigenvalue weighted by Gasteiger charge is -2.43. The van der Waals surface area contributed by atoms with Crippen LogP contribution in [0.15, 0.2) is 18.2 Å². The number of benzene rings is 1. The number of aryl methyl sites for hydroxylation is 1. The SMILES string of the molecule is CCC1(C(=O)N(C)C2CCC2)CCc2cc(COC)ccc2C1. The van der Waals surface area contributed by atoms with Crippen molar-refractivity contribution in [3.05, 3.63) is 34.9 Å². The van der Waals surface area contributed by atoms with Crippen molar-refractivity contribution >= 4 is 5.91 Å². The number of ether oxygens (including phenoxy) is 1. The van der Waals surface area contributed by atoms with Crippen molar-refractivity contribution < 1.29 is 9.53 Å². The molecule has 0 N–H and O–H groups in total. The molecule has 1 aromatic rings. The summed E-state index contributed by atoms with van der Waals surface area (Å²) in [5, 5.41) is 0. The van der Waals surface area contributed by atoms with Crippen LogP contribution in [0.5, 0.6) is 0 Å². The molecule has 1 saturated carbocycles. The first-order valence-electron chi connectivity index (χ1n) is 8.96. The molecule has 0 saturated heterocycles. The number of amides is 1. The monoisotopic (exact) mass is 315 g/mol. The number of methoxy groups -OCH3 is 1. The summed E-state index contributed by atoms with van der Waals surface area (Å²) in [6.45, 7) is 2.84. The van der Waals surface area contributed by atoms with Gasteiger partial charge in [0, 0.05) is 20.2 Å². The summed E-state index contributed by atoms with van der Waals surface area (Å²) < 4.78 is 5.24. The Morgan fingerprint density at radius 3 is 2.74 bits per heavy atom. The molecule has 2 aliphatic rings. The Kier molecular flexibility index (Phi) is 4.77. The molecule has 23 heavy (non-hydrogen) atoms. The molecule has 1 atom stereocenters. The van der Waals surface area contributed by atoms with E-state index in [4.69, 9.17) is 4.74 Å². The zero-order valence-electron chi connectivity index (χ0n) is 14.7. The number of carbonyl (C=O) groups is 1. The molecule has 3 heteroatoms. The van der Waals surface area contributed by atoms with Crippen LogP contribution in [-0.4, -0.2) is 31.0 Å². The van der Waals surface area contributed by atoms with Crippen molar-refractivity contribution in [3.63, 3.8) is 0 Å². The summed E-state index contributed by atoms with van der Waals surface area (Å²) in [5.41, 5.74) is 3.80. The number of carbonyl (C=O) groups excluding carboxylic acids is 1. The molecule has 1 unspecified atom stereocenters. The van der Waals surface area contributed by atoms with Crippen LogP contribution in [-0.2, 0) is 29.0 Å². The Morgan fingerprint density at radius 2 is 2.13 bits per heavy atom. The highest BCUT2D eigenvalue weighted by Gasteiger charge is 2.43. The van der Waals surface area contributed by atoms with Crippen molar-refractivity contribution in [1.29, 1.82) is 0 Å². The highest BCUT2D eigenvalue weighted by Crippen LogP contribution is 2.41. The van der Waals surface area contributed by atoms with Crippen LogP contribution in [0.1, 0.15) is 55.7 Å². The van der Waals surface area contributed by atoms with E-state index < -0.39 is 0 Å². The number of rotatable bonds is 5. The minimum atomic E-state index is -0.194. The van der Waals surface area contributed by atoms with Crippen molar-refractivity contribution in [1.82, 2.24) is 4.90 Å². The zero-order valence-corrected chi connectivity index (χ0v) is 14.7. The molecular weight excluding hydrogens is 286 g/mol. The first-order chi connectivity index (χ1) is 11.1. The zero-order chi connectivity index (χ0) is 16.4. The van der Waals surface area contributed by atoms with Gasteiger partial charge in [-0.1, -0.05) is 25.1 Å². The second kappa shape index (κ2) is 6.64. The van der Waals surface area contributed by atoms with E-state index >= 15 is 0 Å². The summed E-state index contributed by atoms with van der Waals surface area (Å²) >= 11 is 0. The Balaban J connectivity index is 1.80. The first-order valence-corrected chi connectivity index (χ1v) is 8.96. The third kappa shape index (κ3) is 3.03. The lowest BCUT2D eigenvalue weighted by Crippen LogP contribution is -2.50. The fourth-order valence-corrected chi connectivity index (χ4v) is 4.12. The van der Waals surface area contributed by atoms with Gasteiger partial charge in [0.1, 0.15) is 0 Å². The van der Waals surface area contributed by atoms with E-state index in [1.807, 2.05) is 7.05 Å². The Morgan fingerprint density at radius 1 is 1.35 bits per heavy atom. The number of fused-ring (bicyclic) bond motifs is 1. The normalized spacial score (nSPS) is 24.0. The lowest BCUT2D eigenvalue weighted by atomic mass is 9.68. The van der Waals surface area contributed by atoms with Crippen molar-refractivity contribution in [2.75, 3.05) is 14.2 Å². The van der Waals surface area contributed by atoms with Gasteiger partial charge in [-0.25, -0.2) is 0 Å². The molecular formula is C20H29NO2. The smallest absolute Gasteiger partial charge is 0.229 e. The molecule has 1 aromatic carbocycles. The maximum absolute atomic E-state index is 13.2. The van der Waals surface area contributed by atoms with Gasteiger partial charge < -0.3 is 9.64 Å². The van der Waals surface area contributed by atoms with Gasteiger partial charge in [0.25, 0.3) is 0 Å². The van der Waals surface area contributed by atoms with E-state index in [-0.39, 0.29) is 5.41 Å². The maximum Gasteiger partial charge on any atom is 0.229 e. The molecule has 3 rings (SSSR count). The summed E-state index contributed by atoms with van der Waals surface area (Å²) in [6.07, 6.45) is 7.43. The van der Waals surface area contributed by atoms with Gasteiger partial charge in [0.15, 0.2) is 0 Å². The van der Waals surface area contributed by atoms with Gasteiger partial charge in [-0.3, -0.25) is 4.79 Å². The topological polar surface area (TPSA) is 29.5 Å². The highest BCUT2D eigenvalue weighted by molar-refractivity contribution is 5.83. The molecule has 126 valence electrons. The van der Waals surface area contributed by atoms with Crippen LogP contribution in [0, 0.1) is 5.41 Å². The molecule has 3 nitrogen and oxygen atoms in total. The molecule has 0 bridgehead atoms. The van der Waals surface area contributed by atoms with Gasteiger partial charge >= 0.3 is 0 Å². The van der Waals surface area contributed by atoms with Gasteiger partial charge in [-0.15, -0.1) is 0 Å². The second-order valence-corrected chi connectivity index (χ2v) is 7.35. The molecule has 0 radical (unpaired) electrons. The van der Waals surface area contributed by atoms with Gasteiger partial charge in [0.05, 0.1) is 12.0 Å². The molecule has 1 fully saturated rings. The molecule has 0 heterocycles. The first kappa shape index (κ1) is 16.5. The van der Waals surface area contributed by atoms with Crippen LogP contribution in [0.2, 0.25) is 0 Å². The molecule has 0 spiro atoms. The van der Waals surface area contributed by atoms with Crippen LogP contribution < -0.4 is 0 Å². The minimum absolute atomic E-state index is 0.194. The van der Waals surface area contributed by atoms with Crippen molar-refractivity contribution in [2.24, 2.45) is 5.41 Å². The van der Waals surface area contributed by atoms with E-state index in [1.165, 1.54) is 36.0 Å². The standard InChI is InChI=1S/C20H29NO2/c1-4-20(19(22)21(2)18-6-5-7-18)11-10-16-12-15(14-23-3)8-9-17(16)13-20/h8-9,12,18H,4-7,10-11,13-14H2,1-3H3. The number of hydrogen-bond acceptors (Lipinski definition) is 2. The van der Waals surface area contributed by atoms with Crippen LogP contribution in [0.25, 0.3) is 0 Å². The summed E-state index contributed by atoms with van der Waals surface area (Å²) in [5.74, 6) is 0.372. The third-order valence-corrected chi connectivity index (χ3v) is 6.06. The molecule has 2 aliphatic carbocycles. The average molecular weight is 315 g/mol. The minimum Gasteiger partial charge on any atom is -0.380 e. The van der Waals surface area contributed by atoms with Crippen LogP contribution >= 0.6 is 0 Å². The maximum atomic E-state index is 13.2. The average Bonchev–Trinajstić information content (AvgIpc) is 2.52. The Bertz CT molecular complexity index is 579.